The molecule has 1 rings (SSSR count). The first-order valence-electron chi connectivity index (χ1n) is 11.9. The Bertz CT molecular complexity index is 497. The lowest BCUT2D eigenvalue weighted by molar-refractivity contribution is -0.224. The molecule has 0 aromatic carbocycles. The fourth-order valence-corrected chi connectivity index (χ4v) is 3.36. The number of nitrogens with zero attached hydrogens (tertiary/aromatic N) is 1. The Morgan fingerprint density at radius 1 is 0.647 bits per heavy atom. The fraction of sp³-hybridized carbons (Fsp3) is 1.00. The van der Waals surface area contributed by atoms with Gasteiger partial charge in [-0.1, -0.05) is 0 Å². The summed E-state index contributed by atoms with van der Waals surface area (Å²) in [6.45, 7) is 11.3. The Kier molecular flexibility index (Phi) is 16.6. The molecule has 0 saturated carbocycles. The second-order valence-electron chi connectivity index (χ2n) is 9.11. The van der Waals surface area contributed by atoms with Gasteiger partial charge in [0.1, 0.15) is 24.5 Å². The molecule has 0 spiro atoms. The van der Waals surface area contributed by atoms with E-state index in [0.717, 1.165) is 6.54 Å². The third kappa shape index (κ3) is 13.0. The van der Waals surface area contributed by atoms with Crippen molar-refractivity contribution >= 4 is 0 Å². The number of aliphatic hydroxyl groups excluding tert-OH is 5. The molecule has 0 aromatic heterocycles. The minimum Gasteiger partial charge on any atom is -0.395 e. The molecule has 1 aliphatic rings. The zero-order chi connectivity index (χ0) is 25.4. The summed E-state index contributed by atoms with van der Waals surface area (Å²) in [7, 11) is 0. The van der Waals surface area contributed by atoms with Crippen LogP contribution in [0.3, 0.4) is 0 Å². The summed E-state index contributed by atoms with van der Waals surface area (Å²) in [4.78, 5) is 1.31. The van der Waals surface area contributed by atoms with Gasteiger partial charge in [-0.15, -0.1) is 0 Å². The third-order valence-corrected chi connectivity index (χ3v) is 5.24. The topological polar surface area (TPSA) is 163 Å². The van der Waals surface area contributed by atoms with Crippen molar-refractivity contribution in [1.29, 1.82) is 0 Å². The Hall–Kier alpha value is -0.480. The molecular formula is C22H46N2O10. The quantitative estimate of drug-likeness (QED) is 0.104. The molecule has 1 fully saturated rings. The summed E-state index contributed by atoms with van der Waals surface area (Å²) in [6.07, 6.45) is -5.82. The lowest BCUT2D eigenvalue weighted by Gasteiger charge is -2.46. The van der Waals surface area contributed by atoms with Gasteiger partial charge in [-0.05, 0) is 20.8 Å². The van der Waals surface area contributed by atoms with Crippen LogP contribution < -0.4 is 5.32 Å². The van der Waals surface area contributed by atoms with E-state index < -0.39 is 37.2 Å². The highest BCUT2D eigenvalue weighted by atomic mass is 16.6. The maximum atomic E-state index is 10.1. The normalized spacial score (nSPS) is 26.3. The number of hydrogen-bond acceptors (Lipinski definition) is 12. The molecule has 0 bridgehead atoms. The van der Waals surface area contributed by atoms with E-state index in [9.17, 15) is 25.5 Å². The first-order chi connectivity index (χ1) is 16.2. The molecule has 1 saturated heterocycles. The first kappa shape index (κ1) is 31.5. The van der Waals surface area contributed by atoms with E-state index >= 15 is 0 Å². The summed E-state index contributed by atoms with van der Waals surface area (Å²) in [5.41, 5.74) is 0.0959. The van der Waals surface area contributed by atoms with Crippen molar-refractivity contribution in [2.24, 2.45) is 0 Å². The van der Waals surface area contributed by atoms with Crippen molar-refractivity contribution in [1.82, 2.24) is 10.2 Å². The van der Waals surface area contributed by atoms with Crippen molar-refractivity contribution < 1.29 is 49.2 Å². The Morgan fingerprint density at radius 2 is 1.09 bits per heavy atom. The molecule has 0 radical (unpaired) electrons. The van der Waals surface area contributed by atoms with Gasteiger partial charge >= 0.3 is 0 Å². The average Bonchev–Trinajstić information content (AvgIpc) is 2.79. The van der Waals surface area contributed by atoms with E-state index in [4.69, 9.17) is 23.7 Å². The molecule has 0 amide bonds. The smallest absolute Gasteiger partial charge is 0.136 e. The molecule has 1 aliphatic heterocycles. The highest BCUT2D eigenvalue weighted by Crippen LogP contribution is 2.22. The molecule has 0 aliphatic carbocycles. The standard InChI is InChI=1S/C22H46N2O10/c1-22(2,3)23-4-6-30-8-10-32-12-14-34-15-13-33-11-9-31-7-5-24-17(16-25)18(26)19(27)20(28)21(24)29/h17-21,23,25-29H,4-16H2,1-3H3. The van der Waals surface area contributed by atoms with Crippen LogP contribution >= 0.6 is 0 Å². The number of piperidine rings is 1. The minimum absolute atomic E-state index is 0.0959. The van der Waals surface area contributed by atoms with Gasteiger partial charge in [0.05, 0.1) is 78.7 Å². The lowest BCUT2D eigenvalue weighted by Crippen LogP contribution is -2.67. The van der Waals surface area contributed by atoms with Crippen molar-refractivity contribution in [2.45, 2.75) is 56.9 Å². The zero-order valence-corrected chi connectivity index (χ0v) is 20.8. The summed E-state index contributed by atoms with van der Waals surface area (Å²) in [6, 6.07) is -0.891. The van der Waals surface area contributed by atoms with Crippen LogP contribution in [0.1, 0.15) is 20.8 Å². The molecular weight excluding hydrogens is 452 g/mol. The van der Waals surface area contributed by atoms with Gasteiger partial charge in [0.15, 0.2) is 0 Å². The van der Waals surface area contributed by atoms with E-state index in [1.165, 1.54) is 4.90 Å². The van der Waals surface area contributed by atoms with Gasteiger partial charge in [-0.25, -0.2) is 0 Å². The van der Waals surface area contributed by atoms with Gasteiger partial charge in [0.25, 0.3) is 0 Å². The monoisotopic (exact) mass is 498 g/mol. The van der Waals surface area contributed by atoms with Crippen LogP contribution in [0.2, 0.25) is 0 Å². The molecule has 5 atom stereocenters. The largest absolute Gasteiger partial charge is 0.395 e. The Labute approximate surface area is 202 Å². The Morgan fingerprint density at radius 3 is 1.53 bits per heavy atom. The van der Waals surface area contributed by atoms with E-state index in [1.807, 2.05) is 0 Å². The van der Waals surface area contributed by atoms with Crippen molar-refractivity contribution in [3.8, 4) is 0 Å². The second kappa shape index (κ2) is 17.9. The molecule has 12 nitrogen and oxygen atoms in total. The number of likely N-dealkylation sites (tertiary alicyclic amines) is 1. The molecule has 12 heteroatoms. The molecule has 34 heavy (non-hydrogen) atoms. The number of ether oxygens (including phenoxy) is 5. The summed E-state index contributed by atoms with van der Waals surface area (Å²) in [5, 5.41) is 52.3. The number of hydrogen-bond donors (Lipinski definition) is 6. The van der Waals surface area contributed by atoms with Crippen LogP contribution in [0, 0.1) is 0 Å². The van der Waals surface area contributed by atoms with E-state index in [0.29, 0.717) is 59.5 Å². The lowest BCUT2D eigenvalue weighted by atomic mass is 9.93. The minimum atomic E-state index is -1.53. The first-order valence-corrected chi connectivity index (χ1v) is 11.9. The Balaban J connectivity index is 1.89. The van der Waals surface area contributed by atoms with Crippen LogP contribution in [-0.4, -0.2) is 152 Å². The number of rotatable bonds is 19. The van der Waals surface area contributed by atoms with Crippen molar-refractivity contribution in [3.63, 3.8) is 0 Å². The number of aliphatic hydroxyl groups is 5. The van der Waals surface area contributed by atoms with E-state index in [-0.39, 0.29) is 18.7 Å². The van der Waals surface area contributed by atoms with E-state index in [1.54, 1.807) is 0 Å². The van der Waals surface area contributed by atoms with Gasteiger partial charge in [-0.3, -0.25) is 4.90 Å². The van der Waals surface area contributed by atoms with Gasteiger partial charge in [0.2, 0.25) is 0 Å². The van der Waals surface area contributed by atoms with Gasteiger partial charge in [-0.2, -0.15) is 0 Å². The zero-order valence-electron chi connectivity index (χ0n) is 20.8. The van der Waals surface area contributed by atoms with Gasteiger partial charge < -0.3 is 54.5 Å². The summed E-state index contributed by atoms with van der Waals surface area (Å²) < 4.78 is 27.2. The SMILES string of the molecule is CC(C)(C)NCCOCCOCCOCCOCCOCCN1C(O)C(O)C(O)C(O)C1CO. The average molecular weight is 499 g/mol. The van der Waals surface area contributed by atoms with E-state index in [2.05, 4.69) is 26.1 Å². The predicted octanol–water partition coefficient (Wildman–Crippen LogP) is -2.46. The summed E-state index contributed by atoms with van der Waals surface area (Å²) in [5.74, 6) is 0. The molecule has 0 aromatic rings. The molecule has 204 valence electrons. The maximum absolute atomic E-state index is 10.1. The maximum Gasteiger partial charge on any atom is 0.136 e. The van der Waals surface area contributed by atoms with Crippen LogP contribution in [0.5, 0.6) is 0 Å². The third-order valence-electron chi connectivity index (χ3n) is 5.24. The van der Waals surface area contributed by atoms with Gasteiger partial charge in [0, 0.05) is 18.6 Å². The summed E-state index contributed by atoms with van der Waals surface area (Å²) >= 11 is 0. The van der Waals surface area contributed by atoms with Crippen molar-refractivity contribution in [2.75, 3.05) is 85.8 Å². The molecule has 1 heterocycles. The van der Waals surface area contributed by atoms with Crippen LogP contribution in [0.15, 0.2) is 0 Å². The second-order valence-corrected chi connectivity index (χ2v) is 9.11. The molecule has 6 N–H and O–H groups in total. The number of nitrogens with one attached hydrogen (secondary N) is 1. The van der Waals surface area contributed by atoms with Crippen LogP contribution in [-0.2, 0) is 23.7 Å². The van der Waals surface area contributed by atoms with Crippen LogP contribution in [0.4, 0.5) is 0 Å². The predicted molar refractivity (Wildman–Crippen MR) is 123 cm³/mol. The highest BCUT2D eigenvalue weighted by molar-refractivity contribution is 4.96. The fourth-order valence-electron chi connectivity index (χ4n) is 3.36. The van der Waals surface area contributed by atoms with Crippen molar-refractivity contribution in [3.05, 3.63) is 0 Å². The molecule has 5 unspecified atom stereocenters. The highest BCUT2D eigenvalue weighted by Gasteiger charge is 2.46. The van der Waals surface area contributed by atoms with Crippen LogP contribution in [0.25, 0.3) is 0 Å².